The fourth-order valence-electron chi connectivity index (χ4n) is 4.61. The highest BCUT2D eigenvalue weighted by molar-refractivity contribution is 6.00. The minimum atomic E-state index is -0.297. The first-order valence-electron chi connectivity index (χ1n) is 10.3. The molecule has 6 heteroatoms. The molecule has 6 nitrogen and oxygen atoms in total. The summed E-state index contributed by atoms with van der Waals surface area (Å²) in [6, 6.07) is 15.8. The summed E-state index contributed by atoms with van der Waals surface area (Å²) in [4.78, 5) is 36.1. The van der Waals surface area contributed by atoms with Crippen LogP contribution < -0.4 is 4.90 Å². The molecule has 30 heavy (non-hydrogen) atoms. The van der Waals surface area contributed by atoms with Crippen LogP contribution in [0.2, 0.25) is 0 Å². The fraction of sp³-hybridized carbons (Fsp3) is 0.292. The molecule has 1 aromatic heterocycles. The third kappa shape index (κ3) is 3.09. The second-order valence-corrected chi connectivity index (χ2v) is 8.02. The van der Waals surface area contributed by atoms with Crippen molar-refractivity contribution in [3.63, 3.8) is 0 Å². The van der Waals surface area contributed by atoms with Gasteiger partial charge in [0.25, 0.3) is 5.91 Å². The number of likely N-dealkylation sites (N-methyl/N-ethyl adjacent to an activating group) is 1. The smallest absolute Gasteiger partial charge is 0.253 e. The van der Waals surface area contributed by atoms with Crippen molar-refractivity contribution in [3.8, 4) is 0 Å². The van der Waals surface area contributed by atoms with Gasteiger partial charge in [-0.1, -0.05) is 42.5 Å². The van der Waals surface area contributed by atoms with Crippen LogP contribution >= 0.6 is 0 Å². The monoisotopic (exact) mass is 400 g/mol. The van der Waals surface area contributed by atoms with Gasteiger partial charge in [-0.25, -0.2) is 0 Å². The number of carbonyl (C=O) groups excluding carboxylic acids is 2. The summed E-state index contributed by atoms with van der Waals surface area (Å²) in [7, 11) is 1.77. The van der Waals surface area contributed by atoms with Crippen molar-refractivity contribution < 1.29 is 9.59 Å². The van der Waals surface area contributed by atoms with Gasteiger partial charge < -0.3 is 14.7 Å². The van der Waals surface area contributed by atoms with Crippen LogP contribution in [0.3, 0.4) is 0 Å². The number of benzene rings is 2. The molecule has 0 spiro atoms. The molecule has 1 saturated heterocycles. The summed E-state index contributed by atoms with van der Waals surface area (Å²) < 4.78 is 0. The summed E-state index contributed by atoms with van der Waals surface area (Å²) in [6.07, 6.45) is 3.80. The van der Waals surface area contributed by atoms with Crippen molar-refractivity contribution in [3.05, 3.63) is 72.1 Å². The molecule has 2 aliphatic heterocycles. The van der Waals surface area contributed by atoms with Crippen LogP contribution in [0, 0.1) is 0 Å². The van der Waals surface area contributed by atoms with Gasteiger partial charge in [0.15, 0.2) is 0 Å². The lowest BCUT2D eigenvalue weighted by Crippen LogP contribution is -2.52. The zero-order valence-corrected chi connectivity index (χ0v) is 17.0. The molecule has 2 aliphatic rings. The first-order valence-corrected chi connectivity index (χ1v) is 10.3. The van der Waals surface area contributed by atoms with Gasteiger partial charge in [0.05, 0.1) is 17.8 Å². The number of nitrogens with zero attached hydrogens (tertiary/aromatic N) is 4. The Bertz CT molecular complexity index is 1120. The Morgan fingerprint density at radius 2 is 1.70 bits per heavy atom. The van der Waals surface area contributed by atoms with E-state index < -0.39 is 0 Å². The maximum absolute atomic E-state index is 13.4. The number of fused-ring (bicyclic) bond motifs is 2. The van der Waals surface area contributed by atoms with E-state index in [-0.39, 0.29) is 17.7 Å². The number of piperazine rings is 1. The van der Waals surface area contributed by atoms with E-state index in [4.69, 9.17) is 0 Å². The summed E-state index contributed by atoms with van der Waals surface area (Å²) in [5.74, 6) is -0.199. The first kappa shape index (κ1) is 18.6. The zero-order chi connectivity index (χ0) is 20.7. The van der Waals surface area contributed by atoms with Crippen LogP contribution in [-0.4, -0.2) is 66.4 Å². The maximum atomic E-state index is 13.4. The Balaban J connectivity index is 1.34. The Labute approximate surface area is 175 Å². The van der Waals surface area contributed by atoms with Crippen LogP contribution in [0.4, 0.5) is 5.69 Å². The standard InChI is InChI=1S/C24H24N4O2/c1-26-16-21(19-8-4-5-9-20(19)23(26)29)24(30)28-12-10-27(11-13-28)22-15-25-14-17-6-2-3-7-18(17)22/h2-9,14-15,21H,10-13,16H2,1H3. The van der Waals surface area contributed by atoms with Gasteiger partial charge in [-0.05, 0) is 11.6 Å². The van der Waals surface area contributed by atoms with Crippen molar-refractivity contribution in [2.75, 3.05) is 44.7 Å². The van der Waals surface area contributed by atoms with E-state index in [1.54, 1.807) is 11.9 Å². The van der Waals surface area contributed by atoms with Gasteiger partial charge in [-0.3, -0.25) is 14.6 Å². The summed E-state index contributed by atoms with van der Waals surface area (Å²) in [5, 5.41) is 2.31. The Kier molecular flexibility index (Phi) is 4.62. The normalized spacial score (nSPS) is 19.2. The van der Waals surface area contributed by atoms with Gasteiger partial charge in [-0.2, -0.15) is 0 Å². The Morgan fingerprint density at radius 1 is 0.967 bits per heavy atom. The fourth-order valence-corrected chi connectivity index (χ4v) is 4.61. The lowest BCUT2D eigenvalue weighted by atomic mass is 9.88. The number of hydrogen-bond donors (Lipinski definition) is 0. The number of amides is 2. The summed E-state index contributed by atoms with van der Waals surface area (Å²) in [5.41, 5.74) is 2.62. The van der Waals surface area contributed by atoms with Gasteiger partial charge in [-0.15, -0.1) is 0 Å². The van der Waals surface area contributed by atoms with Crippen LogP contribution in [0.1, 0.15) is 21.8 Å². The Hall–Kier alpha value is -3.41. The van der Waals surface area contributed by atoms with Crippen molar-refractivity contribution in [2.24, 2.45) is 0 Å². The van der Waals surface area contributed by atoms with E-state index in [1.165, 1.54) is 5.39 Å². The molecule has 0 saturated carbocycles. The van der Waals surface area contributed by atoms with E-state index in [0.717, 1.165) is 29.7 Å². The van der Waals surface area contributed by atoms with E-state index in [9.17, 15) is 9.59 Å². The quantitative estimate of drug-likeness (QED) is 0.664. The SMILES string of the molecule is CN1CC(C(=O)N2CCN(c3cncc4ccccc34)CC2)c2ccccc2C1=O. The molecule has 1 fully saturated rings. The molecule has 1 unspecified atom stereocenters. The number of aromatic nitrogens is 1. The lowest BCUT2D eigenvalue weighted by Gasteiger charge is -2.39. The summed E-state index contributed by atoms with van der Waals surface area (Å²) in [6.45, 7) is 3.30. The van der Waals surface area contributed by atoms with Gasteiger partial charge in [0, 0.05) is 62.3 Å². The molecule has 3 aromatic rings. The van der Waals surface area contributed by atoms with E-state index >= 15 is 0 Å². The average Bonchev–Trinajstić information content (AvgIpc) is 2.81. The second kappa shape index (κ2) is 7.44. The van der Waals surface area contributed by atoms with Crippen LogP contribution in [-0.2, 0) is 4.79 Å². The molecule has 0 aliphatic carbocycles. The zero-order valence-electron chi connectivity index (χ0n) is 17.0. The van der Waals surface area contributed by atoms with Gasteiger partial charge >= 0.3 is 0 Å². The van der Waals surface area contributed by atoms with Crippen LogP contribution in [0.25, 0.3) is 10.8 Å². The van der Waals surface area contributed by atoms with Crippen molar-refractivity contribution >= 4 is 28.3 Å². The molecule has 1 atom stereocenters. The largest absolute Gasteiger partial charge is 0.366 e. The van der Waals surface area contributed by atoms with Gasteiger partial charge in [0.2, 0.25) is 5.91 Å². The molecular formula is C24H24N4O2. The van der Waals surface area contributed by atoms with Crippen molar-refractivity contribution in [1.29, 1.82) is 0 Å². The molecule has 0 bridgehead atoms. The van der Waals surface area contributed by atoms with Crippen molar-refractivity contribution in [1.82, 2.24) is 14.8 Å². The third-order valence-corrected chi connectivity index (χ3v) is 6.25. The highest BCUT2D eigenvalue weighted by Crippen LogP contribution is 2.31. The maximum Gasteiger partial charge on any atom is 0.253 e. The van der Waals surface area contributed by atoms with Crippen LogP contribution in [0.15, 0.2) is 60.9 Å². The van der Waals surface area contributed by atoms with Crippen molar-refractivity contribution in [2.45, 2.75) is 5.92 Å². The summed E-state index contributed by atoms with van der Waals surface area (Å²) >= 11 is 0. The number of rotatable bonds is 2. The van der Waals surface area contributed by atoms with Gasteiger partial charge in [0.1, 0.15) is 0 Å². The number of pyridine rings is 1. The highest BCUT2D eigenvalue weighted by atomic mass is 16.2. The number of anilines is 1. The molecule has 5 rings (SSSR count). The van der Waals surface area contributed by atoms with E-state index in [2.05, 4.69) is 22.0 Å². The Morgan fingerprint density at radius 3 is 2.53 bits per heavy atom. The lowest BCUT2D eigenvalue weighted by molar-refractivity contribution is -0.133. The molecule has 2 amide bonds. The molecule has 0 N–H and O–H groups in total. The van der Waals surface area contributed by atoms with E-state index in [1.807, 2.05) is 53.7 Å². The molecular weight excluding hydrogens is 376 g/mol. The number of hydrogen-bond acceptors (Lipinski definition) is 4. The van der Waals surface area contributed by atoms with Crippen LogP contribution in [0.5, 0.6) is 0 Å². The van der Waals surface area contributed by atoms with E-state index in [0.29, 0.717) is 25.2 Å². The average molecular weight is 400 g/mol. The molecule has 2 aromatic carbocycles. The predicted molar refractivity (Wildman–Crippen MR) is 117 cm³/mol. The minimum absolute atomic E-state index is 0.0112. The topological polar surface area (TPSA) is 56.8 Å². The minimum Gasteiger partial charge on any atom is -0.366 e. The molecule has 3 heterocycles. The molecule has 152 valence electrons. The third-order valence-electron chi connectivity index (χ3n) is 6.25. The number of carbonyl (C=O) groups is 2. The predicted octanol–water partition coefficient (Wildman–Crippen LogP) is 2.75. The second-order valence-electron chi connectivity index (χ2n) is 8.02. The highest BCUT2D eigenvalue weighted by Gasteiger charge is 2.36. The molecule has 0 radical (unpaired) electrons. The first-order chi connectivity index (χ1) is 14.6.